The van der Waals surface area contributed by atoms with Crippen molar-refractivity contribution in [1.29, 1.82) is 0 Å². The van der Waals surface area contributed by atoms with Crippen molar-refractivity contribution in [2.45, 2.75) is 6.42 Å². The van der Waals surface area contributed by atoms with Gasteiger partial charge in [0.05, 0.1) is 18.7 Å². The van der Waals surface area contributed by atoms with Crippen LogP contribution < -0.4 is 9.47 Å². The summed E-state index contributed by atoms with van der Waals surface area (Å²) in [5, 5.41) is 0.646. The summed E-state index contributed by atoms with van der Waals surface area (Å²) in [6.45, 7) is 0.607. The molecule has 0 fully saturated rings. The zero-order chi connectivity index (χ0) is 12.8. The summed E-state index contributed by atoms with van der Waals surface area (Å²) in [6.07, 6.45) is 0.842. The predicted molar refractivity (Wildman–Crippen MR) is 73.6 cm³/mol. The van der Waals surface area contributed by atoms with Crippen LogP contribution in [-0.4, -0.2) is 13.7 Å². The molecule has 2 rings (SSSR count). The third kappa shape index (κ3) is 3.41. The molecular formula is C15H15ClO2. The Bertz CT molecular complexity index is 494. The Morgan fingerprint density at radius 1 is 1.00 bits per heavy atom. The lowest BCUT2D eigenvalue weighted by Crippen LogP contribution is -2.01. The molecule has 0 spiro atoms. The second-order valence-electron chi connectivity index (χ2n) is 3.88. The molecule has 2 nitrogen and oxygen atoms in total. The molecule has 0 unspecified atom stereocenters. The van der Waals surface area contributed by atoms with Gasteiger partial charge < -0.3 is 9.47 Å². The summed E-state index contributed by atoms with van der Waals surface area (Å²) in [5.41, 5.74) is 1.21. The average molecular weight is 263 g/mol. The standard InChI is InChI=1S/C15H15ClO2/c1-17-13-8-6-12(7-9-13)10-11-18-15-5-3-2-4-14(15)16/h2-9H,10-11H2,1H3. The first kappa shape index (κ1) is 12.8. The van der Waals surface area contributed by atoms with Gasteiger partial charge in [-0.25, -0.2) is 0 Å². The van der Waals surface area contributed by atoms with Crippen molar-refractivity contribution in [2.75, 3.05) is 13.7 Å². The lowest BCUT2D eigenvalue weighted by molar-refractivity contribution is 0.322. The SMILES string of the molecule is COc1ccc(CCOc2ccccc2Cl)cc1. The van der Waals surface area contributed by atoms with Gasteiger partial charge in [0.1, 0.15) is 11.5 Å². The van der Waals surface area contributed by atoms with Gasteiger partial charge in [0.2, 0.25) is 0 Å². The van der Waals surface area contributed by atoms with Crippen LogP contribution in [0.15, 0.2) is 48.5 Å². The minimum Gasteiger partial charge on any atom is -0.497 e. The minimum atomic E-state index is 0.607. The van der Waals surface area contributed by atoms with E-state index in [9.17, 15) is 0 Å². The van der Waals surface area contributed by atoms with E-state index in [1.807, 2.05) is 48.5 Å². The van der Waals surface area contributed by atoms with E-state index in [1.54, 1.807) is 7.11 Å². The lowest BCUT2D eigenvalue weighted by atomic mass is 10.1. The smallest absolute Gasteiger partial charge is 0.137 e. The summed E-state index contributed by atoms with van der Waals surface area (Å²) < 4.78 is 10.7. The summed E-state index contributed by atoms with van der Waals surface area (Å²) in [4.78, 5) is 0. The Labute approximate surface area is 112 Å². The maximum atomic E-state index is 6.00. The van der Waals surface area contributed by atoms with Crippen LogP contribution in [0.25, 0.3) is 0 Å². The van der Waals surface area contributed by atoms with Crippen LogP contribution >= 0.6 is 11.6 Å². The largest absolute Gasteiger partial charge is 0.497 e. The summed E-state index contributed by atoms with van der Waals surface area (Å²) >= 11 is 6.00. The summed E-state index contributed by atoms with van der Waals surface area (Å²) in [5.74, 6) is 1.60. The Kier molecular flexibility index (Phi) is 4.48. The van der Waals surface area contributed by atoms with Crippen LogP contribution in [-0.2, 0) is 6.42 Å². The molecule has 2 aromatic rings. The van der Waals surface area contributed by atoms with Crippen molar-refractivity contribution < 1.29 is 9.47 Å². The van der Waals surface area contributed by atoms with Crippen LogP contribution in [0.3, 0.4) is 0 Å². The van der Waals surface area contributed by atoms with Gasteiger partial charge in [-0.05, 0) is 29.8 Å². The molecule has 3 heteroatoms. The van der Waals surface area contributed by atoms with E-state index in [4.69, 9.17) is 21.1 Å². The highest BCUT2D eigenvalue weighted by molar-refractivity contribution is 6.32. The first-order chi connectivity index (χ1) is 8.79. The fourth-order valence-electron chi connectivity index (χ4n) is 1.63. The van der Waals surface area contributed by atoms with Crippen LogP contribution in [0.4, 0.5) is 0 Å². The van der Waals surface area contributed by atoms with Gasteiger partial charge in [0.15, 0.2) is 0 Å². The van der Waals surface area contributed by atoms with Crippen molar-refractivity contribution in [3.63, 3.8) is 0 Å². The topological polar surface area (TPSA) is 18.5 Å². The number of para-hydroxylation sites is 1. The zero-order valence-electron chi connectivity index (χ0n) is 10.2. The highest BCUT2D eigenvalue weighted by Gasteiger charge is 2.00. The average Bonchev–Trinajstić information content (AvgIpc) is 2.42. The molecule has 0 radical (unpaired) electrons. The normalized spacial score (nSPS) is 10.1. The lowest BCUT2D eigenvalue weighted by Gasteiger charge is -2.08. The maximum absolute atomic E-state index is 6.00. The molecule has 0 aliphatic carbocycles. The molecule has 0 bridgehead atoms. The highest BCUT2D eigenvalue weighted by atomic mass is 35.5. The van der Waals surface area contributed by atoms with Crippen LogP contribution in [0, 0.1) is 0 Å². The highest BCUT2D eigenvalue weighted by Crippen LogP contribution is 2.23. The van der Waals surface area contributed by atoms with Gasteiger partial charge in [-0.1, -0.05) is 35.9 Å². The molecule has 0 N–H and O–H groups in total. The molecular weight excluding hydrogens is 248 g/mol. The van der Waals surface area contributed by atoms with Gasteiger partial charge in [0, 0.05) is 6.42 Å². The van der Waals surface area contributed by atoms with E-state index in [-0.39, 0.29) is 0 Å². The fourth-order valence-corrected chi connectivity index (χ4v) is 1.82. The van der Waals surface area contributed by atoms with Crippen molar-refractivity contribution in [3.05, 3.63) is 59.1 Å². The van der Waals surface area contributed by atoms with Crippen molar-refractivity contribution in [3.8, 4) is 11.5 Å². The first-order valence-electron chi connectivity index (χ1n) is 5.80. The van der Waals surface area contributed by atoms with Crippen LogP contribution in [0.5, 0.6) is 11.5 Å². The Morgan fingerprint density at radius 2 is 1.72 bits per heavy atom. The van der Waals surface area contributed by atoms with Crippen molar-refractivity contribution >= 4 is 11.6 Å². The molecule has 0 saturated carbocycles. The first-order valence-corrected chi connectivity index (χ1v) is 6.17. The molecule has 0 aliphatic heterocycles. The molecule has 18 heavy (non-hydrogen) atoms. The monoisotopic (exact) mass is 262 g/mol. The number of halogens is 1. The number of ether oxygens (including phenoxy) is 2. The Morgan fingerprint density at radius 3 is 2.39 bits per heavy atom. The molecule has 0 aliphatic rings. The van der Waals surface area contributed by atoms with Crippen LogP contribution in [0.1, 0.15) is 5.56 Å². The van der Waals surface area contributed by atoms with Gasteiger partial charge >= 0.3 is 0 Å². The van der Waals surface area contributed by atoms with Gasteiger partial charge in [-0.3, -0.25) is 0 Å². The fraction of sp³-hybridized carbons (Fsp3) is 0.200. The predicted octanol–water partition coefficient (Wildman–Crippen LogP) is 3.97. The van der Waals surface area contributed by atoms with Crippen LogP contribution in [0.2, 0.25) is 5.02 Å². The number of hydrogen-bond acceptors (Lipinski definition) is 2. The quantitative estimate of drug-likeness (QED) is 0.812. The number of rotatable bonds is 5. The van der Waals surface area contributed by atoms with Crippen molar-refractivity contribution in [2.24, 2.45) is 0 Å². The second-order valence-corrected chi connectivity index (χ2v) is 4.28. The third-order valence-corrected chi connectivity index (χ3v) is 2.96. The molecule has 0 atom stereocenters. The number of benzene rings is 2. The van der Waals surface area contributed by atoms with E-state index in [1.165, 1.54) is 5.56 Å². The molecule has 0 amide bonds. The molecule has 0 saturated heterocycles. The van der Waals surface area contributed by atoms with E-state index in [0.29, 0.717) is 11.6 Å². The zero-order valence-corrected chi connectivity index (χ0v) is 11.0. The maximum Gasteiger partial charge on any atom is 0.137 e. The van der Waals surface area contributed by atoms with E-state index < -0.39 is 0 Å². The summed E-state index contributed by atoms with van der Waals surface area (Å²) in [6, 6.07) is 15.5. The van der Waals surface area contributed by atoms with Gasteiger partial charge in [0.25, 0.3) is 0 Å². The van der Waals surface area contributed by atoms with E-state index in [0.717, 1.165) is 17.9 Å². The number of hydrogen-bond donors (Lipinski definition) is 0. The van der Waals surface area contributed by atoms with E-state index >= 15 is 0 Å². The summed E-state index contributed by atoms with van der Waals surface area (Å²) in [7, 11) is 1.66. The van der Waals surface area contributed by atoms with Crippen molar-refractivity contribution in [1.82, 2.24) is 0 Å². The molecule has 2 aromatic carbocycles. The van der Waals surface area contributed by atoms with E-state index in [2.05, 4.69) is 0 Å². The second kappa shape index (κ2) is 6.31. The van der Waals surface area contributed by atoms with Gasteiger partial charge in [-0.2, -0.15) is 0 Å². The molecule has 0 aromatic heterocycles. The third-order valence-electron chi connectivity index (χ3n) is 2.64. The minimum absolute atomic E-state index is 0.607. The molecule has 94 valence electrons. The van der Waals surface area contributed by atoms with Gasteiger partial charge in [-0.15, -0.1) is 0 Å². The Hall–Kier alpha value is -1.67. The molecule has 0 heterocycles. The Balaban J connectivity index is 1.86. The number of methoxy groups -OCH3 is 1.